The van der Waals surface area contributed by atoms with Crippen LogP contribution in [0.15, 0.2) is 35.9 Å². The molecule has 2 unspecified atom stereocenters. The molecule has 0 spiro atoms. The molecule has 2 aliphatic rings. The van der Waals surface area contributed by atoms with E-state index in [2.05, 4.69) is 44.2 Å². The Kier molecular flexibility index (Phi) is 4.67. The van der Waals surface area contributed by atoms with Crippen molar-refractivity contribution in [3.05, 3.63) is 47.0 Å². The Labute approximate surface area is 132 Å². The van der Waals surface area contributed by atoms with Gasteiger partial charge in [0.2, 0.25) is 0 Å². The number of ether oxygens (including phenoxy) is 2. The SMILES string of the molecule is CC(C)(C1=CCC(CO)CC1)c1ccc(COC2CO2)cc1. The Balaban J connectivity index is 1.67. The summed E-state index contributed by atoms with van der Waals surface area (Å²) in [6.45, 7) is 6.24. The van der Waals surface area contributed by atoms with E-state index >= 15 is 0 Å². The second-order valence-corrected chi connectivity index (χ2v) is 6.95. The largest absolute Gasteiger partial charge is 0.396 e. The molecular formula is C19H26O3. The van der Waals surface area contributed by atoms with Crippen molar-refractivity contribution in [2.24, 2.45) is 5.92 Å². The quantitative estimate of drug-likeness (QED) is 0.645. The summed E-state index contributed by atoms with van der Waals surface area (Å²) in [5.74, 6) is 0.448. The van der Waals surface area contributed by atoms with Gasteiger partial charge in [-0.3, -0.25) is 0 Å². The number of aliphatic hydroxyl groups excluding tert-OH is 1. The van der Waals surface area contributed by atoms with Crippen LogP contribution in [0.2, 0.25) is 0 Å². The van der Waals surface area contributed by atoms with Crippen LogP contribution in [0.1, 0.15) is 44.2 Å². The number of benzene rings is 1. The van der Waals surface area contributed by atoms with E-state index in [-0.39, 0.29) is 11.7 Å². The first-order valence-corrected chi connectivity index (χ1v) is 8.22. The zero-order chi connectivity index (χ0) is 15.6. The fraction of sp³-hybridized carbons (Fsp3) is 0.579. The van der Waals surface area contributed by atoms with Gasteiger partial charge in [0.1, 0.15) is 6.61 Å². The second-order valence-electron chi connectivity index (χ2n) is 6.95. The van der Waals surface area contributed by atoms with Gasteiger partial charge in [-0.1, -0.05) is 49.8 Å². The molecule has 3 rings (SSSR count). The lowest BCUT2D eigenvalue weighted by Gasteiger charge is -2.33. The highest BCUT2D eigenvalue weighted by atomic mass is 16.8. The first-order valence-electron chi connectivity index (χ1n) is 8.22. The van der Waals surface area contributed by atoms with Crippen LogP contribution in [0.4, 0.5) is 0 Å². The molecule has 1 aliphatic heterocycles. The minimum atomic E-state index is 0.0167. The third-order valence-electron chi connectivity index (χ3n) is 4.99. The molecule has 0 radical (unpaired) electrons. The first-order chi connectivity index (χ1) is 10.6. The zero-order valence-electron chi connectivity index (χ0n) is 13.5. The van der Waals surface area contributed by atoms with Gasteiger partial charge in [0.25, 0.3) is 0 Å². The summed E-state index contributed by atoms with van der Waals surface area (Å²) < 4.78 is 10.6. The van der Waals surface area contributed by atoms with Crippen LogP contribution in [0.3, 0.4) is 0 Å². The van der Waals surface area contributed by atoms with E-state index < -0.39 is 0 Å². The van der Waals surface area contributed by atoms with Crippen LogP contribution in [-0.4, -0.2) is 24.6 Å². The summed E-state index contributed by atoms with van der Waals surface area (Å²) in [6, 6.07) is 8.73. The van der Waals surface area contributed by atoms with Crippen LogP contribution >= 0.6 is 0 Å². The molecule has 1 fully saturated rings. The molecule has 1 aromatic carbocycles. The summed E-state index contributed by atoms with van der Waals surface area (Å²) in [4.78, 5) is 0. The van der Waals surface area contributed by atoms with Gasteiger partial charge >= 0.3 is 0 Å². The highest BCUT2D eigenvalue weighted by molar-refractivity contribution is 5.36. The molecule has 120 valence electrons. The summed E-state index contributed by atoms with van der Waals surface area (Å²) in [6.07, 6.45) is 5.54. The van der Waals surface area contributed by atoms with Crippen molar-refractivity contribution >= 4 is 0 Å². The van der Waals surface area contributed by atoms with Gasteiger partial charge in [0.15, 0.2) is 6.29 Å². The van der Waals surface area contributed by atoms with Crippen molar-refractivity contribution in [1.29, 1.82) is 0 Å². The molecule has 22 heavy (non-hydrogen) atoms. The molecule has 1 saturated heterocycles. The fourth-order valence-electron chi connectivity index (χ4n) is 3.15. The van der Waals surface area contributed by atoms with Gasteiger partial charge in [-0.15, -0.1) is 0 Å². The third kappa shape index (κ3) is 3.60. The lowest BCUT2D eigenvalue weighted by atomic mass is 9.72. The van der Waals surface area contributed by atoms with E-state index in [1.807, 2.05) is 0 Å². The molecule has 0 bridgehead atoms. The Morgan fingerprint density at radius 1 is 1.27 bits per heavy atom. The van der Waals surface area contributed by atoms with Crippen molar-refractivity contribution < 1.29 is 14.6 Å². The molecule has 3 nitrogen and oxygen atoms in total. The van der Waals surface area contributed by atoms with E-state index in [0.717, 1.165) is 25.9 Å². The number of epoxide rings is 1. The number of hydrogen-bond donors (Lipinski definition) is 1. The number of allylic oxidation sites excluding steroid dienone is 2. The topological polar surface area (TPSA) is 42.0 Å². The average Bonchev–Trinajstić information content (AvgIpc) is 3.38. The van der Waals surface area contributed by atoms with Crippen LogP contribution in [0, 0.1) is 5.92 Å². The summed E-state index contributed by atoms with van der Waals surface area (Å²) in [7, 11) is 0. The van der Waals surface area contributed by atoms with Crippen molar-refractivity contribution in [2.45, 2.75) is 51.4 Å². The molecule has 1 aromatic rings. The number of rotatable bonds is 6. The Bertz CT molecular complexity index is 526. The lowest BCUT2D eigenvalue weighted by Crippen LogP contribution is -2.24. The minimum absolute atomic E-state index is 0.0167. The minimum Gasteiger partial charge on any atom is -0.396 e. The molecular weight excluding hydrogens is 276 g/mol. The average molecular weight is 302 g/mol. The van der Waals surface area contributed by atoms with Crippen LogP contribution in [0.25, 0.3) is 0 Å². The summed E-state index contributed by atoms with van der Waals surface area (Å²) >= 11 is 0. The standard InChI is InChI=1S/C19H26O3/c1-19(2,16-7-3-14(11-20)4-8-16)17-9-5-15(6-10-17)12-21-18-13-22-18/h5-7,9-10,14,18,20H,3-4,8,11-13H2,1-2H3. The predicted octanol–water partition coefficient (Wildman–Crippen LogP) is 3.56. The molecule has 1 N–H and O–H groups in total. The Morgan fingerprint density at radius 3 is 2.55 bits per heavy atom. The van der Waals surface area contributed by atoms with Gasteiger partial charge < -0.3 is 14.6 Å². The Hall–Kier alpha value is -1.16. The molecule has 1 heterocycles. The maximum Gasteiger partial charge on any atom is 0.181 e. The monoisotopic (exact) mass is 302 g/mol. The Morgan fingerprint density at radius 2 is 2.00 bits per heavy atom. The van der Waals surface area contributed by atoms with Crippen molar-refractivity contribution in [3.63, 3.8) is 0 Å². The molecule has 0 saturated carbocycles. The van der Waals surface area contributed by atoms with E-state index in [4.69, 9.17) is 9.47 Å². The fourth-order valence-corrected chi connectivity index (χ4v) is 3.15. The predicted molar refractivity (Wildman–Crippen MR) is 86.5 cm³/mol. The van der Waals surface area contributed by atoms with E-state index in [9.17, 15) is 5.11 Å². The van der Waals surface area contributed by atoms with Gasteiger partial charge in [-0.05, 0) is 36.3 Å². The normalized spacial score (nSPS) is 25.0. The molecule has 0 amide bonds. The van der Waals surface area contributed by atoms with Gasteiger partial charge in [0.05, 0.1) is 6.61 Å². The maximum atomic E-state index is 9.27. The second kappa shape index (κ2) is 6.53. The van der Waals surface area contributed by atoms with E-state index in [1.54, 1.807) is 0 Å². The van der Waals surface area contributed by atoms with E-state index in [0.29, 0.717) is 19.1 Å². The summed E-state index contributed by atoms with van der Waals surface area (Å²) in [5, 5.41) is 9.27. The number of hydrogen-bond acceptors (Lipinski definition) is 3. The highest BCUT2D eigenvalue weighted by Gasteiger charge is 2.28. The highest BCUT2D eigenvalue weighted by Crippen LogP contribution is 2.38. The van der Waals surface area contributed by atoms with Gasteiger partial charge in [-0.25, -0.2) is 0 Å². The number of aliphatic hydroxyl groups is 1. The van der Waals surface area contributed by atoms with Crippen LogP contribution in [-0.2, 0) is 21.5 Å². The lowest BCUT2D eigenvalue weighted by molar-refractivity contribution is 0.0386. The van der Waals surface area contributed by atoms with Crippen LogP contribution in [0.5, 0.6) is 0 Å². The molecule has 2 atom stereocenters. The van der Waals surface area contributed by atoms with Crippen molar-refractivity contribution in [3.8, 4) is 0 Å². The van der Waals surface area contributed by atoms with Crippen molar-refractivity contribution in [2.75, 3.05) is 13.2 Å². The first kappa shape index (κ1) is 15.7. The maximum absolute atomic E-state index is 9.27. The molecule has 0 aromatic heterocycles. The van der Waals surface area contributed by atoms with Gasteiger partial charge in [0, 0.05) is 12.0 Å². The van der Waals surface area contributed by atoms with E-state index in [1.165, 1.54) is 16.7 Å². The summed E-state index contributed by atoms with van der Waals surface area (Å²) in [5.41, 5.74) is 4.08. The zero-order valence-corrected chi connectivity index (χ0v) is 13.5. The smallest absolute Gasteiger partial charge is 0.181 e. The molecule has 1 aliphatic carbocycles. The van der Waals surface area contributed by atoms with Gasteiger partial charge in [-0.2, -0.15) is 0 Å². The molecule has 3 heteroatoms. The van der Waals surface area contributed by atoms with Crippen LogP contribution < -0.4 is 0 Å². The third-order valence-corrected chi connectivity index (χ3v) is 4.99. The van der Waals surface area contributed by atoms with Crippen molar-refractivity contribution in [1.82, 2.24) is 0 Å².